The summed E-state index contributed by atoms with van der Waals surface area (Å²) in [5, 5.41) is 10.8. The van der Waals surface area contributed by atoms with E-state index in [0.717, 1.165) is 43.8 Å². The van der Waals surface area contributed by atoms with Gasteiger partial charge in [0.1, 0.15) is 0 Å². The topological polar surface area (TPSA) is 55.6 Å². The molecule has 0 N–H and O–H groups in total. The van der Waals surface area contributed by atoms with Crippen LogP contribution in [-0.2, 0) is 10.6 Å². The fourth-order valence-corrected chi connectivity index (χ4v) is 2.81. The van der Waals surface area contributed by atoms with Crippen LogP contribution in [0.5, 0.6) is 0 Å². The Labute approximate surface area is 123 Å². The molecule has 0 spiro atoms. The Balaban J connectivity index is 2.11. The van der Waals surface area contributed by atoms with Crippen LogP contribution in [0.25, 0.3) is 0 Å². The number of nitrogens with zero attached hydrogens (tertiary/aromatic N) is 2. The van der Waals surface area contributed by atoms with Gasteiger partial charge in [0.25, 0.3) is 5.69 Å². The molecule has 0 atom stereocenters. The highest BCUT2D eigenvalue weighted by Crippen LogP contribution is 2.29. The van der Waals surface area contributed by atoms with Gasteiger partial charge in [-0.15, -0.1) is 11.6 Å². The summed E-state index contributed by atoms with van der Waals surface area (Å²) in [5.41, 5.74) is 1.91. The molecule has 0 saturated carbocycles. The number of anilines is 1. The molecule has 0 unspecified atom stereocenters. The van der Waals surface area contributed by atoms with Crippen LogP contribution < -0.4 is 4.90 Å². The number of nitro benzene ring substituents is 1. The molecule has 0 radical (unpaired) electrons. The van der Waals surface area contributed by atoms with Crippen LogP contribution in [-0.4, -0.2) is 30.7 Å². The van der Waals surface area contributed by atoms with Crippen molar-refractivity contribution in [2.24, 2.45) is 0 Å². The lowest BCUT2D eigenvalue weighted by atomic mass is 10.0. The first-order valence-corrected chi connectivity index (χ1v) is 7.39. The minimum absolute atomic E-state index is 0.0913. The van der Waals surface area contributed by atoms with Crippen molar-refractivity contribution in [3.8, 4) is 0 Å². The van der Waals surface area contributed by atoms with Crippen LogP contribution in [0.4, 0.5) is 11.4 Å². The van der Waals surface area contributed by atoms with Crippen molar-refractivity contribution in [3.05, 3.63) is 33.9 Å². The molecule has 1 aliphatic rings. The molecule has 2 rings (SSSR count). The zero-order valence-electron chi connectivity index (χ0n) is 11.5. The molecule has 1 heterocycles. The first kappa shape index (κ1) is 15.1. The zero-order chi connectivity index (χ0) is 14.5. The van der Waals surface area contributed by atoms with Crippen molar-refractivity contribution in [1.82, 2.24) is 0 Å². The summed E-state index contributed by atoms with van der Waals surface area (Å²) in [6.07, 6.45) is 2.28. The summed E-state index contributed by atoms with van der Waals surface area (Å²) >= 11 is 5.93. The van der Waals surface area contributed by atoms with E-state index in [4.69, 9.17) is 16.3 Å². The lowest BCUT2D eigenvalue weighted by Crippen LogP contribution is -2.37. The number of hydrogen-bond acceptors (Lipinski definition) is 4. The third-order valence-corrected chi connectivity index (χ3v) is 3.89. The summed E-state index contributed by atoms with van der Waals surface area (Å²) in [6.45, 7) is 4.54. The third-order valence-electron chi connectivity index (χ3n) is 3.60. The maximum absolute atomic E-state index is 10.8. The Bertz CT molecular complexity index is 473. The van der Waals surface area contributed by atoms with Gasteiger partial charge in [0.05, 0.1) is 11.0 Å². The Morgan fingerprint density at radius 3 is 2.70 bits per heavy atom. The van der Waals surface area contributed by atoms with Crippen molar-refractivity contribution in [2.75, 3.05) is 24.6 Å². The molecule has 0 bridgehead atoms. The van der Waals surface area contributed by atoms with Gasteiger partial charge in [0.2, 0.25) is 0 Å². The second kappa shape index (κ2) is 6.90. The highest BCUT2D eigenvalue weighted by molar-refractivity contribution is 6.17. The molecule has 6 heteroatoms. The Morgan fingerprint density at radius 1 is 1.45 bits per heavy atom. The van der Waals surface area contributed by atoms with E-state index < -0.39 is 0 Å². The van der Waals surface area contributed by atoms with Gasteiger partial charge in [-0.2, -0.15) is 0 Å². The average molecular weight is 299 g/mol. The molecule has 20 heavy (non-hydrogen) atoms. The fourth-order valence-electron chi connectivity index (χ4n) is 2.60. The van der Waals surface area contributed by atoms with E-state index >= 15 is 0 Å². The van der Waals surface area contributed by atoms with Crippen molar-refractivity contribution in [3.63, 3.8) is 0 Å². The molecule has 0 aromatic heterocycles. The van der Waals surface area contributed by atoms with Crippen LogP contribution in [0, 0.1) is 10.1 Å². The minimum atomic E-state index is -0.388. The number of nitro groups is 1. The van der Waals surface area contributed by atoms with Gasteiger partial charge >= 0.3 is 0 Å². The van der Waals surface area contributed by atoms with Gasteiger partial charge in [0, 0.05) is 43.4 Å². The Hall–Kier alpha value is -1.33. The molecule has 1 aromatic rings. The number of alkyl halides is 1. The summed E-state index contributed by atoms with van der Waals surface area (Å²) in [4.78, 5) is 12.6. The smallest absolute Gasteiger partial charge is 0.269 e. The van der Waals surface area contributed by atoms with Gasteiger partial charge in [-0.25, -0.2) is 0 Å². The molecule has 0 amide bonds. The Kier molecular flexibility index (Phi) is 5.20. The van der Waals surface area contributed by atoms with E-state index in [1.807, 2.05) is 6.92 Å². The van der Waals surface area contributed by atoms with Crippen LogP contribution in [0.15, 0.2) is 18.2 Å². The third kappa shape index (κ3) is 3.41. The quantitative estimate of drug-likeness (QED) is 0.475. The van der Waals surface area contributed by atoms with Gasteiger partial charge < -0.3 is 9.64 Å². The first-order valence-electron chi connectivity index (χ1n) is 6.85. The normalized spacial score (nSPS) is 16.4. The summed E-state index contributed by atoms with van der Waals surface area (Å²) in [7, 11) is 0. The van der Waals surface area contributed by atoms with E-state index in [0.29, 0.717) is 6.10 Å². The van der Waals surface area contributed by atoms with Crippen LogP contribution in [0.1, 0.15) is 25.3 Å². The molecular weight excluding hydrogens is 280 g/mol. The molecule has 0 aliphatic carbocycles. The lowest BCUT2D eigenvalue weighted by Gasteiger charge is -2.34. The van der Waals surface area contributed by atoms with Gasteiger partial charge in [-0.05, 0) is 31.4 Å². The van der Waals surface area contributed by atoms with Gasteiger partial charge in [-0.3, -0.25) is 10.1 Å². The van der Waals surface area contributed by atoms with E-state index in [9.17, 15) is 10.1 Å². The molecule has 110 valence electrons. The highest BCUT2D eigenvalue weighted by Gasteiger charge is 2.22. The maximum atomic E-state index is 10.8. The molecular formula is C14H19ClN2O3. The van der Waals surface area contributed by atoms with E-state index in [1.165, 1.54) is 0 Å². The summed E-state index contributed by atoms with van der Waals surface area (Å²) < 4.78 is 5.63. The van der Waals surface area contributed by atoms with Crippen molar-refractivity contribution < 1.29 is 9.66 Å². The van der Waals surface area contributed by atoms with Crippen molar-refractivity contribution in [2.45, 2.75) is 31.7 Å². The number of piperidine rings is 1. The maximum Gasteiger partial charge on any atom is 0.269 e. The average Bonchev–Trinajstić information content (AvgIpc) is 2.47. The molecule has 1 aliphatic heterocycles. The van der Waals surface area contributed by atoms with Crippen molar-refractivity contribution >= 4 is 23.0 Å². The number of ether oxygens (including phenoxy) is 1. The molecule has 1 aromatic carbocycles. The van der Waals surface area contributed by atoms with E-state index in [1.54, 1.807) is 18.2 Å². The Morgan fingerprint density at radius 2 is 2.15 bits per heavy atom. The SMILES string of the molecule is CCOC1CCN(c2ccc([N+](=O)[O-])cc2CCl)CC1. The fraction of sp³-hybridized carbons (Fsp3) is 0.571. The monoisotopic (exact) mass is 298 g/mol. The van der Waals surface area contributed by atoms with E-state index in [2.05, 4.69) is 4.90 Å². The number of halogens is 1. The first-order chi connectivity index (χ1) is 9.65. The molecule has 5 nitrogen and oxygen atoms in total. The predicted octanol–water partition coefficient (Wildman–Crippen LogP) is 3.34. The summed E-state index contributed by atoms with van der Waals surface area (Å²) in [6, 6.07) is 4.91. The predicted molar refractivity (Wildman–Crippen MR) is 79.5 cm³/mol. The lowest BCUT2D eigenvalue weighted by molar-refractivity contribution is -0.384. The van der Waals surface area contributed by atoms with Gasteiger partial charge in [-0.1, -0.05) is 0 Å². The molecule has 1 saturated heterocycles. The van der Waals surface area contributed by atoms with Crippen LogP contribution in [0.2, 0.25) is 0 Å². The minimum Gasteiger partial charge on any atom is -0.378 e. The van der Waals surface area contributed by atoms with Crippen LogP contribution in [0.3, 0.4) is 0 Å². The largest absolute Gasteiger partial charge is 0.378 e. The molecule has 1 fully saturated rings. The van der Waals surface area contributed by atoms with Crippen molar-refractivity contribution in [1.29, 1.82) is 0 Å². The highest BCUT2D eigenvalue weighted by atomic mass is 35.5. The number of benzene rings is 1. The number of rotatable bonds is 5. The summed E-state index contributed by atoms with van der Waals surface area (Å²) in [5.74, 6) is 0.280. The second-order valence-corrected chi connectivity index (χ2v) is 5.11. The zero-order valence-corrected chi connectivity index (χ0v) is 12.3. The second-order valence-electron chi connectivity index (χ2n) is 4.85. The number of non-ortho nitro benzene ring substituents is 1. The van der Waals surface area contributed by atoms with Crippen LogP contribution >= 0.6 is 11.6 Å². The van der Waals surface area contributed by atoms with Gasteiger partial charge in [0.15, 0.2) is 0 Å². The van der Waals surface area contributed by atoms with E-state index in [-0.39, 0.29) is 16.5 Å². The number of hydrogen-bond donors (Lipinski definition) is 0. The standard InChI is InChI=1S/C14H19ClN2O3/c1-2-20-13-5-7-16(8-6-13)14-4-3-12(17(18)19)9-11(14)10-15/h3-4,9,13H,2,5-8,10H2,1H3.